The number of hydrogen-bond acceptors (Lipinski definition) is 5. The molecular weight excluding hydrogens is 929 g/mol. The SMILES string of the molecule is c1ccc(-c2nc(-c3ccccc3)nc(-c3cccc(-c4ccc(-n5c6ccccc6c6cc(-c7ccc8c(c7)C7(c9ccccc9-c9ccccc97)c7ccc9c(c7-8)Oc7ccccc7O9)ccc65)cc4)c3)n2)cc1. The van der Waals surface area contributed by atoms with Crippen molar-refractivity contribution >= 4 is 21.8 Å². The number of benzene rings is 11. The summed E-state index contributed by atoms with van der Waals surface area (Å²) in [4.78, 5) is 14.9. The van der Waals surface area contributed by atoms with Gasteiger partial charge in [0.2, 0.25) is 0 Å². The molecule has 0 radical (unpaired) electrons. The molecule has 6 heteroatoms. The molecule has 1 spiro atoms. The van der Waals surface area contributed by atoms with Crippen LogP contribution in [0.2, 0.25) is 0 Å². The van der Waals surface area contributed by atoms with E-state index in [1.807, 2.05) is 84.9 Å². The van der Waals surface area contributed by atoms with Crippen molar-refractivity contribution in [3.63, 3.8) is 0 Å². The molecule has 0 bridgehead atoms. The van der Waals surface area contributed by atoms with Crippen LogP contribution in [0, 0.1) is 0 Å². The van der Waals surface area contributed by atoms with E-state index in [1.165, 1.54) is 44.2 Å². The number of ether oxygens (including phenoxy) is 2. The van der Waals surface area contributed by atoms with Crippen LogP contribution >= 0.6 is 0 Å². The van der Waals surface area contributed by atoms with E-state index in [0.29, 0.717) is 17.5 Å². The molecule has 0 N–H and O–H groups in total. The fraction of sp³-hybridized carbons (Fsp3) is 0.0143. The standard InChI is InChI=1S/C70H42N4O2/c1-3-16-44(17-4-1)67-71-68(45-18-5-2-6-19-45)73-69(72-67)49-21-15-20-46(40-49)43-30-34-50(35-31-43)74-60-27-12-9-24-53(60)55-41-47(33-38-61(55)74)48-32-36-54-59(42-48)70(56-25-10-7-22-51(56)52-23-8-11-26-57(52)70)58-37-39-64-66(65(54)58)76-63-29-14-13-28-62(63)75-64/h1-42H. The molecule has 3 aliphatic rings. The summed E-state index contributed by atoms with van der Waals surface area (Å²) in [5.74, 6) is 4.83. The largest absolute Gasteiger partial charge is 0.449 e. The van der Waals surface area contributed by atoms with E-state index in [9.17, 15) is 0 Å². The second-order valence-corrected chi connectivity index (χ2v) is 19.8. The van der Waals surface area contributed by atoms with Crippen molar-refractivity contribution < 1.29 is 9.47 Å². The third kappa shape index (κ3) is 6.25. The maximum atomic E-state index is 6.85. The maximum Gasteiger partial charge on any atom is 0.178 e. The third-order valence-corrected chi connectivity index (χ3v) is 15.7. The fourth-order valence-corrected chi connectivity index (χ4v) is 12.4. The first-order valence-electron chi connectivity index (χ1n) is 25.7. The molecule has 13 aromatic rings. The Morgan fingerprint density at radius 2 is 0.842 bits per heavy atom. The number of hydrogen-bond donors (Lipinski definition) is 0. The van der Waals surface area contributed by atoms with Gasteiger partial charge in [-0.05, 0) is 122 Å². The fourth-order valence-electron chi connectivity index (χ4n) is 12.4. The molecule has 2 aromatic heterocycles. The summed E-state index contributed by atoms with van der Waals surface area (Å²) in [6.07, 6.45) is 0. The van der Waals surface area contributed by atoms with Crippen molar-refractivity contribution in [2.24, 2.45) is 0 Å². The molecule has 0 fully saturated rings. The summed E-state index contributed by atoms with van der Waals surface area (Å²) in [6, 6.07) is 90.5. The lowest BCUT2D eigenvalue weighted by Crippen LogP contribution is -2.26. The molecular formula is C70H42N4O2. The van der Waals surface area contributed by atoms with Crippen LogP contribution < -0.4 is 9.47 Å². The van der Waals surface area contributed by atoms with Gasteiger partial charge in [-0.2, -0.15) is 0 Å². The van der Waals surface area contributed by atoms with Crippen LogP contribution in [0.3, 0.4) is 0 Å². The van der Waals surface area contributed by atoms with Crippen LogP contribution in [-0.4, -0.2) is 19.5 Å². The van der Waals surface area contributed by atoms with Crippen LogP contribution in [0.1, 0.15) is 22.3 Å². The van der Waals surface area contributed by atoms with Crippen molar-refractivity contribution in [3.8, 4) is 107 Å². The van der Waals surface area contributed by atoms with Crippen LogP contribution in [0.15, 0.2) is 255 Å². The second-order valence-electron chi connectivity index (χ2n) is 19.8. The van der Waals surface area contributed by atoms with Gasteiger partial charge < -0.3 is 14.0 Å². The smallest absolute Gasteiger partial charge is 0.178 e. The van der Waals surface area contributed by atoms with E-state index in [0.717, 1.165) is 89.8 Å². The summed E-state index contributed by atoms with van der Waals surface area (Å²) in [6.45, 7) is 0. The molecule has 0 saturated carbocycles. The monoisotopic (exact) mass is 970 g/mol. The van der Waals surface area contributed by atoms with Crippen LogP contribution in [0.5, 0.6) is 23.0 Å². The van der Waals surface area contributed by atoms with Crippen molar-refractivity contribution in [2.45, 2.75) is 5.41 Å². The molecule has 11 aromatic carbocycles. The minimum absolute atomic E-state index is 0.568. The Morgan fingerprint density at radius 3 is 1.57 bits per heavy atom. The second kappa shape index (κ2) is 16.4. The number of para-hydroxylation sites is 3. The molecule has 76 heavy (non-hydrogen) atoms. The Bertz CT molecular complexity index is 4420. The molecule has 0 saturated heterocycles. The van der Waals surface area contributed by atoms with Gasteiger partial charge in [0.1, 0.15) is 0 Å². The lowest BCUT2D eigenvalue weighted by molar-refractivity contribution is 0.360. The molecule has 0 amide bonds. The zero-order valence-electron chi connectivity index (χ0n) is 40.9. The highest BCUT2D eigenvalue weighted by Crippen LogP contribution is 2.66. The lowest BCUT2D eigenvalue weighted by Gasteiger charge is -2.31. The highest BCUT2D eigenvalue weighted by atomic mass is 16.6. The van der Waals surface area contributed by atoms with Crippen LogP contribution in [0.4, 0.5) is 0 Å². The topological polar surface area (TPSA) is 62.1 Å². The minimum atomic E-state index is -0.568. The number of nitrogens with zero attached hydrogens (tertiary/aromatic N) is 4. The van der Waals surface area contributed by atoms with Crippen LogP contribution in [-0.2, 0) is 5.41 Å². The molecule has 0 atom stereocenters. The highest BCUT2D eigenvalue weighted by molar-refractivity contribution is 6.11. The molecule has 2 aliphatic carbocycles. The first-order chi connectivity index (χ1) is 37.7. The summed E-state index contributed by atoms with van der Waals surface area (Å²) in [5.41, 5.74) is 19.8. The number of fused-ring (bicyclic) bond motifs is 16. The Balaban J connectivity index is 0.792. The van der Waals surface area contributed by atoms with Crippen molar-refractivity contribution in [1.29, 1.82) is 0 Å². The summed E-state index contributed by atoms with van der Waals surface area (Å²) in [5, 5.41) is 2.39. The number of aromatic nitrogens is 4. The zero-order valence-corrected chi connectivity index (χ0v) is 40.9. The highest BCUT2D eigenvalue weighted by Gasteiger charge is 2.53. The first-order valence-corrected chi connectivity index (χ1v) is 25.7. The Hall–Kier alpha value is -10.2. The lowest BCUT2D eigenvalue weighted by atomic mass is 9.70. The van der Waals surface area contributed by atoms with E-state index in [4.69, 9.17) is 24.4 Å². The van der Waals surface area contributed by atoms with Gasteiger partial charge in [0.25, 0.3) is 0 Å². The maximum absolute atomic E-state index is 6.85. The van der Waals surface area contributed by atoms with Crippen LogP contribution in [0.25, 0.3) is 106 Å². The average Bonchev–Trinajstić information content (AvgIpc) is 4.14. The van der Waals surface area contributed by atoms with Gasteiger partial charge >= 0.3 is 0 Å². The van der Waals surface area contributed by atoms with Gasteiger partial charge in [-0.3, -0.25) is 0 Å². The van der Waals surface area contributed by atoms with Gasteiger partial charge in [0.15, 0.2) is 40.5 Å². The Labute approximate surface area is 438 Å². The van der Waals surface area contributed by atoms with Gasteiger partial charge in [0, 0.05) is 38.7 Å². The predicted octanol–water partition coefficient (Wildman–Crippen LogP) is 17.5. The minimum Gasteiger partial charge on any atom is -0.449 e. The third-order valence-electron chi connectivity index (χ3n) is 15.7. The zero-order chi connectivity index (χ0) is 49.9. The summed E-state index contributed by atoms with van der Waals surface area (Å²) in [7, 11) is 0. The van der Waals surface area contributed by atoms with E-state index in [1.54, 1.807) is 0 Å². The van der Waals surface area contributed by atoms with E-state index < -0.39 is 5.41 Å². The quantitative estimate of drug-likeness (QED) is 0.166. The molecule has 354 valence electrons. The van der Waals surface area contributed by atoms with E-state index in [-0.39, 0.29) is 0 Å². The Morgan fingerprint density at radius 1 is 0.303 bits per heavy atom. The summed E-state index contributed by atoms with van der Waals surface area (Å²) < 4.78 is 15.8. The average molecular weight is 971 g/mol. The number of rotatable bonds is 6. The van der Waals surface area contributed by atoms with Crippen molar-refractivity contribution in [1.82, 2.24) is 19.5 Å². The Kier molecular flexibility index (Phi) is 9.15. The van der Waals surface area contributed by atoms with Gasteiger partial charge in [0.05, 0.1) is 16.4 Å². The van der Waals surface area contributed by atoms with Gasteiger partial charge in [-0.1, -0.05) is 194 Å². The molecule has 1 aliphatic heterocycles. The predicted molar refractivity (Wildman–Crippen MR) is 304 cm³/mol. The van der Waals surface area contributed by atoms with E-state index in [2.05, 4.69) is 174 Å². The molecule has 0 unspecified atom stereocenters. The van der Waals surface area contributed by atoms with Gasteiger partial charge in [-0.25, -0.2) is 15.0 Å². The normalized spacial score (nSPS) is 13.1. The van der Waals surface area contributed by atoms with Crippen molar-refractivity contribution in [3.05, 3.63) is 277 Å². The van der Waals surface area contributed by atoms with E-state index >= 15 is 0 Å². The van der Waals surface area contributed by atoms with Crippen molar-refractivity contribution in [2.75, 3.05) is 0 Å². The summed E-state index contributed by atoms with van der Waals surface area (Å²) >= 11 is 0. The first kappa shape index (κ1) is 42.3. The van der Waals surface area contributed by atoms with Gasteiger partial charge in [-0.15, -0.1) is 0 Å². The molecule has 6 nitrogen and oxygen atoms in total. The molecule has 16 rings (SSSR count). The molecule has 3 heterocycles.